The number of likely N-dealkylation sites (N-methyl/N-ethyl adjacent to an activating group) is 1. The third kappa shape index (κ3) is 3.47. The highest BCUT2D eigenvalue weighted by Crippen LogP contribution is 2.25. The summed E-state index contributed by atoms with van der Waals surface area (Å²) in [6, 6.07) is 8.33. The molecule has 0 bridgehead atoms. The molecule has 4 heteroatoms. The molecule has 1 fully saturated rings. The quantitative estimate of drug-likeness (QED) is 0.889. The first-order valence-corrected chi connectivity index (χ1v) is 6.70. The number of nitrogens with zero attached hydrogens (tertiary/aromatic N) is 1. The maximum absolute atomic E-state index is 11.9. The topological polar surface area (TPSA) is 32.3 Å². The van der Waals surface area contributed by atoms with Gasteiger partial charge in [-0.25, -0.2) is 0 Å². The van der Waals surface area contributed by atoms with E-state index in [1.54, 1.807) is 0 Å². The Morgan fingerprint density at radius 2 is 2.06 bits per heavy atom. The van der Waals surface area contributed by atoms with Crippen LogP contribution in [-0.2, 0) is 4.79 Å². The van der Waals surface area contributed by atoms with Gasteiger partial charge in [0.1, 0.15) is 0 Å². The minimum atomic E-state index is 0.152. The highest BCUT2D eigenvalue weighted by atomic mass is 35.5. The maximum Gasteiger partial charge on any atom is 0.236 e. The standard InChI is InChI=1S/C14H19ClN2O/c1-10(11-3-5-12(15)6-4-11)16-9-14(18)17(2)13-7-8-13/h3-6,10,13,16H,7-9H2,1-2H3/t10-/m0/s1. The summed E-state index contributed by atoms with van der Waals surface area (Å²) in [6.45, 7) is 2.43. The molecule has 1 N–H and O–H groups in total. The second-order valence-corrected chi connectivity index (χ2v) is 5.33. The zero-order chi connectivity index (χ0) is 13.1. The average Bonchev–Trinajstić information content (AvgIpc) is 3.19. The number of halogens is 1. The summed E-state index contributed by atoms with van der Waals surface area (Å²) in [5.74, 6) is 0.165. The van der Waals surface area contributed by atoms with Gasteiger partial charge in [-0.15, -0.1) is 0 Å². The molecule has 1 aliphatic carbocycles. The van der Waals surface area contributed by atoms with Crippen molar-refractivity contribution in [2.24, 2.45) is 0 Å². The summed E-state index contributed by atoms with van der Waals surface area (Å²) >= 11 is 5.85. The summed E-state index contributed by atoms with van der Waals surface area (Å²) in [4.78, 5) is 13.7. The number of amides is 1. The molecule has 0 aliphatic heterocycles. The molecule has 98 valence electrons. The van der Waals surface area contributed by atoms with Gasteiger partial charge in [-0.05, 0) is 37.5 Å². The average molecular weight is 267 g/mol. The van der Waals surface area contributed by atoms with Gasteiger partial charge in [-0.1, -0.05) is 23.7 Å². The zero-order valence-electron chi connectivity index (χ0n) is 10.8. The van der Waals surface area contributed by atoms with Gasteiger partial charge in [-0.2, -0.15) is 0 Å². The van der Waals surface area contributed by atoms with Gasteiger partial charge in [0.05, 0.1) is 6.54 Å². The molecule has 1 amide bonds. The number of carbonyl (C=O) groups excluding carboxylic acids is 1. The van der Waals surface area contributed by atoms with E-state index in [0.717, 1.165) is 23.4 Å². The third-order valence-corrected chi connectivity index (χ3v) is 3.67. The first-order valence-electron chi connectivity index (χ1n) is 6.32. The summed E-state index contributed by atoms with van der Waals surface area (Å²) < 4.78 is 0. The van der Waals surface area contributed by atoms with Crippen molar-refractivity contribution in [1.29, 1.82) is 0 Å². The van der Waals surface area contributed by atoms with Crippen LogP contribution in [0.5, 0.6) is 0 Å². The largest absolute Gasteiger partial charge is 0.342 e. The lowest BCUT2D eigenvalue weighted by Crippen LogP contribution is -2.37. The van der Waals surface area contributed by atoms with Crippen molar-refractivity contribution in [2.75, 3.05) is 13.6 Å². The van der Waals surface area contributed by atoms with Crippen molar-refractivity contribution in [3.8, 4) is 0 Å². The number of hydrogen-bond donors (Lipinski definition) is 1. The normalized spacial score (nSPS) is 16.4. The number of carbonyl (C=O) groups is 1. The molecular formula is C14H19ClN2O. The second-order valence-electron chi connectivity index (χ2n) is 4.89. The van der Waals surface area contributed by atoms with Crippen LogP contribution in [-0.4, -0.2) is 30.4 Å². The van der Waals surface area contributed by atoms with E-state index < -0.39 is 0 Å². The fraction of sp³-hybridized carbons (Fsp3) is 0.500. The molecule has 2 rings (SSSR count). The fourth-order valence-corrected chi connectivity index (χ4v) is 2.03. The third-order valence-electron chi connectivity index (χ3n) is 3.42. The lowest BCUT2D eigenvalue weighted by atomic mass is 10.1. The van der Waals surface area contributed by atoms with Crippen LogP contribution in [0.25, 0.3) is 0 Å². The van der Waals surface area contributed by atoms with Crippen molar-refractivity contribution in [3.05, 3.63) is 34.9 Å². The molecular weight excluding hydrogens is 248 g/mol. The van der Waals surface area contributed by atoms with Crippen LogP contribution in [0.15, 0.2) is 24.3 Å². The van der Waals surface area contributed by atoms with E-state index in [1.165, 1.54) is 0 Å². The molecule has 3 nitrogen and oxygen atoms in total. The number of hydrogen-bond acceptors (Lipinski definition) is 2. The highest BCUT2D eigenvalue weighted by molar-refractivity contribution is 6.30. The Morgan fingerprint density at radius 1 is 1.44 bits per heavy atom. The summed E-state index contributed by atoms with van der Waals surface area (Å²) in [6.07, 6.45) is 2.30. The maximum atomic E-state index is 11.9. The Hall–Kier alpha value is -1.06. The van der Waals surface area contributed by atoms with E-state index in [1.807, 2.05) is 43.1 Å². The molecule has 0 radical (unpaired) electrons. The molecule has 0 unspecified atom stereocenters. The first-order chi connectivity index (χ1) is 8.58. The lowest BCUT2D eigenvalue weighted by molar-refractivity contribution is -0.129. The van der Waals surface area contributed by atoms with Crippen LogP contribution >= 0.6 is 11.6 Å². The summed E-state index contributed by atoms with van der Waals surface area (Å²) in [5.41, 5.74) is 1.14. The molecule has 1 aromatic rings. The van der Waals surface area contributed by atoms with Crippen LogP contribution in [0, 0.1) is 0 Å². The van der Waals surface area contributed by atoms with Gasteiger partial charge in [0.25, 0.3) is 0 Å². The second kappa shape index (κ2) is 5.72. The molecule has 0 spiro atoms. The van der Waals surface area contributed by atoms with Gasteiger partial charge >= 0.3 is 0 Å². The summed E-state index contributed by atoms with van der Waals surface area (Å²) in [7, 11) is 1.88. The smallest absolute Gasteiger partial charge is 0.236 e. The minimum Gasteiger partial charge on any atom is -0.342 e. The van der Waals surface area contributed by atoms with Gasteiger partial charge in [0, 0.05) is 24.2 Å². The van der Waals surface area contributed by atoms with E-state index >= 15 is 0 Å². The highest BCUT2D eigenvalue weighted by Gasteiger charge is 2.29. The molecule has 1 aliphatic rings. The van der Waals surface area contributed by atoms with E-state index in [4.69, 9.17) is 11.6 Å². The molecule has 1 saturated carbocycles. The Kier molecular flexibility index (Phi) is 4.25. The molecule has 0 saturated heterocycles. The Balaban J connectivity index is 1.82. The number of benzene rings is 1. The Morgan fingerprint density at radius 3 is 2.61 bits per heavy atom. The number of nitrogens with one attached hydrogen (secondary N) is 1. The van der Waals surface area contributed by atoms with Crippen LogP contribution in [0.2, 0.25) is 5.02 Å². The van der Waals surface area contributed by atoms with Crippen molar-refractivity contribution in [3.63, 3.8) is 0 Å². The minimum absolute atomic E-state index is 0.152. The Labute approximate surface area is 113 Å². The van der Waals surface area contributed by atoms with Gasteiger partial charge < -0.3 is 10.2 Å². The van der Waals surface area contributed by atoms with Crippen molar-refractivity contribution in [2.45, 2.75) is 31.8 Å². The van der Waals surface area contributed by atoms with E-state index in [0.29, 0.717) is 12.6 Å². The zero-order valence-corrected chi connectivity index (χ0v) is 11.6. The van der Waals surface area contributed by atoms with Crippen LogP contribution < -0.4 is 5.32 Å². The van der Waals surface area contributed by atoms with Crippen molar-refractivity contribution < 1.29 is 4.79 Å². The van der Waals surface area contributed by atoms with Crippen LogP contribution in [0.3, 0.4) is 0 Å². The van der Waals surface area contributed by atoms with Gasteiger partial charge in [0.2, 0.25) is 5.91 Å². The SMILES string of the molecule is C[C@H](NCC(=O)N(C)C1CC1)c1ccc(Cl)cc1. The summed E-state index contributed by atoms with van der Waals surface area (Å²) in [5, 5.41) is 3.98. The number of rotatable bonds is 5. The molecule has 0 aromatic heterocycles. The molecule has 1 aromatic carbocycles. The van der Waals surface area contributed by atoms with Gasteiger partial charge in [0.15, 0.2) is 0 Å². The van der Waals surface area contributed by atoms with E-state index in [9.17, 15) is 4.79 Å². The van der Waals surface area contributed by atoms with E-state index in [2.05, 4.69) is 5.32 Å². The molecule has 18 heavy (non-hydrogen) atoms. The van der Waals surface area contributed by atoms with Crippen molar-refractivity contribution in [1.82, 2.24) is 10.2 Å². The van der Waals surface area contributed by atoms with Crippen molar-refractivity contribution >= 4 is 17.5 Å². The monoisotopic (exact) mass is 266 g/mol. The van der Waals surface area contributed by atoms with Crippen LogP contribution in [0.4, 0.5) is 0 Å². The molecule has 0 heterocycles. The Bertz CT molecular complexity index is 414. The van der Waals surface area contributed by atoms with E-state index in [-0.39, 0.29) is 11.9 Å². The predicted molar refractivity (Wildman–Crippen MR) is 73.7 cm³/mol. The predicted octanol–water partition coefficient (Wildman–Crippen LogP) is 2.61. The van der Waals surface area contributed by atoms with Crippen LogP contribution in [0.1, 0.15) is 31.4 Å². The lowest BCUT2D eigenvalue weighted by Gasteiger charge is -2.19. The fourth-order valence-electron chi connectivity index (χ4n) is 1.90. The first kappa shape index (κ1) is 13.4. The molecule has 1 atom stereocenters. The van der Waals surface area contributed by atoms with Gasteiger partial charge in [-0.3, -0.25) is 4.79 Å².